The molecule has 2 atom stereocenters. The van der Waals surface area contributed by atoms with Gasteiger partial charge in [-0.1, -0.05) is 29.4 Å². The molecule has 2 aromatic heterocycles. The summed E-state index contributed by atoms with van der Waals surface area (Å²) >= 11 is 1.46. The minimum absolute atomic E-state index is 0.0202. The Kier molecular flexibility index (Phi) is 9.90. The lowest BCUT2D eigenvalue weighted by Crippen LogP contribution is -2.30. The van der Waals surface area contributed by atoms with E-state index in [9.17, 15) is 9.59 Å². The number of amides is 1. The van der Waals surface area contributed by atoms with Gasteiger partial charge in [-0.25, -0.2) is 4.98 Å². The lowest BCUT2D eigenvalue weighted by Gasteiger charge is -2.22. The van der Waals surface area contributed by atoms with Gasteiger partial charge in [0.05, 0.1) is 25.4 Å². The number of ether oxygens (including phenoxy) is 4. The van der Waals surface area contributed by atoms with Crippen LogP contribution in [-0.2, 0) is 22.3 Å². The van der Waals surface area contributed by atoms with E-state index in [0.717, 1.165) is 30.5 Å². The highest BCUT2D eigenvalue weighted by atomic mass is 32.1. The minimum atomic E-state index is -0.609. The molecule has 1 unspecified atom stereocenters. The first-order valence-electron chi connectivity index (χ1n) is 13.6. The fourth-order valence-electron chi connectivity index (χ4n) is 4.53. The van der Waals surface area contributed by atoms with Crippen molar-refractivity contribution in [2.45, 2.75) is 44.4 Å². The Morgan fingerprint density at radius 1 is 1.07 bits per heavy atom. The predicted molar refractivity (Wildman–Crippen MR) is 153 cm³/mol. The highest BCUT2D eigenvalue weighted by Gasteiger charge is 2.24. The van der Waals surface area contributed by atoms with Crippen molar-refractivity contribution in [3.63, 3.8) is 0 Å². The number of aromatic nitrogens is 3. The Bertz CT molecular complexity index is 1470. The molecule has 220 valence electrons. The fraction of sp³-hybridized carbons (Fsp3) is 0.367. The van der Waals surface area contributed by atoms with E-state index >= 15 is 0 Å². The highest BCUT2D eigenvalue weighted by Crippen LogP contribution is 2.28. The maximum atomic E-state index is 13.2. The standard InChI is InChI=1S/C30H32N4O7S/c1-37-25-11-10-21(14-26(25)38-2)29(36)32-23(15-22-17-42-18-31-22)30-33-27(34-41-30)13-19-6-8-20(9-7-19)24(35)16-40-28-5-3-4-12-39-28/h6-11,14,17-18,23,28H,3-5,12-13,15-16H2,1-2H3,(H,32,36)/t23-,28?/m0/s1. The van der Waals surface area contributed by atoms with Gasteiger partial charge in [0.15, 0.2) is 29.4 Å². The summed E-state index contributed by atoms with van der Waals surface area (Å²) < 4.78 is 27.3. The fourth-order valence-corrected chi connectivity index (χ4v) is 5.10. The molecular weight excluding hydrogens is 560 g/mol. The van der Waals surface area contributed by atoms with Gasteiger partial charge in [0, 0.05) is 36.0 Å². The lowest BCUT2D eigenvalue weighted by atomic mass is 10.1. The average molecular weight is 593 g/mol. The molecule has 3 heterocycles. The van der Waals surface area contributed by atoms with Crippen molar-refractivity contribution in [1.29, 1.82) is 0 Å². The summed E-state index contributed by atoms with van der Waals surface area (Å²) in [5.74, 6) is 1.24. The zero-order valence-electron chi connectivity index (χ0n) is 23.4. The van der Waals surface area contributed by atoms with Gasteiger partial charge < -0.3 is 28.8 Å². The van der Waals surface area contributed by atoms with Crippen molar-refractivity contribution in [2.75, 3.05) is 27.4 Å². The Balaban J connectivity index is 1.24. The van der Waals surface area contributed by atoms with Crippen LogP contribution in [0, 0.1) is 0 Å². The monoisotopic (exact) mass is 592 g/mol. The second-order valence-electron chi connectivity index (χ2n) is 9.73. The number of nitrogens with one attached hydrogen (secondary N) is 1. The van der Waals surface area contributed by atoms with Crippen molar-refractivity contribution in [3.8, 4) is 11.5 Å². The molecule has 0 saturated carbocycles. The van der Waals surface area contributed by atoms with E-state index in [1.54, 1.807) is 35.8 Å². The van der Waals surface area contributed by atoms with Crippen LogP contribution in [0.4, 0.5) is 0 Å². The van der Waals surface area contributed by atoms with E-state index in [-0.39, 0.29) is 30.5 Å². The summed E-state index contributed by atoms with van der Waals surface area (Å²) in [6.45, 7) is 0.648. The molecule has 11 nitrogen and oxygen atoms in total. The number of hydrogen-bond acceptors (Lipinski definition) is 11. The van der Waals surface area contributed by atoms with Gasteiger partial charge in [-0.3, -0.25) is 9.59 Å². The van der Waals surface area contributed by atoms with Crippen molar-refractivity contribution >= 4 is 23.0 Å². The normalized spacial score (nSPS) is 15.6. The van der Waals surface area contributed by atoms with E-state index in [1.165, 1.54) is 25.6 Å². The Labute approximate surface area is 247 Å². The van der Waals surface area contributed by atoms with Crippen LogP contribution in [-0.4, -0.2) is 60.5 Å². The van der Waals surface area contributed by atoms with E-state index in [4.69, 9.17) is 23.5 Å². The van der Waals surface area contributed by atoms with Crippen molar-refractivity contribution in [2.24, 2.45) is 0 Å². The number of benzene rings is 2. The third kappa shape index (κ3) is 7.58. The largest absolute Gasteiger partial charge is 0.493 e. The summed E-state index contributed by atoms with van der Waals surface area (Å²) in [6, 6.07) is 11.6. The lowest BCUT2D eigenvalue weighted by molar-refractivity contribution is -0.155. The second-order valence-corrected chi connectivity index (χ2v) is 10.5. The van der Waals surface area contributed by atoms with Crippen molar-refractivity contribution < 1.29 is 33.1 Å². The molecule has 1 N–H and O–H groups in total. The Morgan fingerprint density at radius 2 is 1.88 bits per heavy atom. The van der Waals surface area contributed by atoms with E-state index in [2.05, 4.69) is 20.4 Å². The van der Waals surface area contributed by atoms with Crippen LogP contribution in [0.3, 0.4) is 0 Å². The molecule has 12 heteroatoms. The SMILES string of the molecule is COc1ccc(C(=O)N[C@@H](Cc2cscn2)c2nc(Cc3ccc(C(=O)COC4CCCCO4)cc3)no2)cc1OC. The molecule has 0 aliphatic carbocycles. The molecule has 2 aromatic carbocycles. The number of rotatable bonds is 13. The van der Waals surface area contributed by atoms with E-state index in [0.29, 0.717) is 47.9 Å². The topological polar surface area (TPSA) is 135 Å². The average Bonchev–Trinajstić information content (AvgIpc) is 3.72. The van der Waals surface area contributed by atoms with Gasteiger partial charge in [0.2, 0.25) is 5.89 Å². The molecule has 1 saturated heterocycles. The number of hydrogen-bond donors (Lipinski definition) is 1. The van der Waals surface area contributed by atoms with Crippen LogP contribution < -0.4 is 14.8 Å². The number of carbonyl (C=O) groups is 2. The molecule has 1 fully saturated rings. The summed E-state index contributed by atoms with van der Waals surface area (Å²) in [7, 11) is 3.05. The maximum absolute atomic E-state index is 13.2. The number of Topliss-reactive ketones (excluding diaryl/α,β-unsaturated/α-hetero) is 1. The first kappa shape index (κ1) is 29.4. The summed E-state index contributed by atoms with van der Waals surface area (Å²) in [5.41, 5.74) is 4.37. The zero-order chi connectivity index (χ0) is 29.3. The molecule has 42 heavy (non-hydrogen) atoms. The third-order valence-corrected chi connectivity index (χ3v) is 7.44. The minimum Gasteiger partial charge on any atom is -0.493 e. The first-order valence-corrected chi connectivity index (χ1v) is 14.5. The van der Waals surface area contributed by atoms with Crippen LogP contribution in [0.25, 0.3) is 0 Å². The molecular formula is C30H32N4O7S. The number of thiazole rings is 1. The smallest absolute Gasteiger partial charge is 0.252 e. The second kappa shape index (κ2) is 14.2. The molecule has 1 aliphatic heterocycles. The van der Waals surface area contributed by atoms with Gasteiger partial charge in [-0.2, -0.15) is 4.98 Å². The quantitative estimate of drug-likeness (QED) is 0.220. The number of methoxy groups -OCH3 is 2. The summed E-state index contributed by atoms with van der Waals surface area (Å²) in [6.07, 6.45) is 3.33. The molecule has 0 spiro atoms. The van der Waals surface area contributed by atoms with Gasteiger partial charge in [-0.15, -0.1) is 11.3 Å². The van der Waals surface area contributed by atoms with Crippen LogP contribution in [0.5, 0.6) is 11.5 Å². The molecule has 1 amide bonds. The van der Waals surface area contributed by atoms with Gasteiger partial charge in [0.1, 0.15) is 12.6 Å². The number of carbonyl (C=O) groups excluding carboxylic acids is 2. The first-order chi connectivity index (χ1) is 20.5. The number of nitrogens with zero attached hydrogens (tertiary/aromatic N) is 3. The van der Waals surface area contributed by atoms with Crippen LogP contribution in [0.15, 0.2) is 57.9 Å². The number of ketones is 1. The van der Waals surface area contributed by atoms with E-state index in [1.807, 2.05) is 17.5 Å². The van der Waals surface area contributed by atoms with Gasteiger partial charge >= 0.3 is 0 Å². The van der Waals surface area contributed by atoms with E-state index < -0.39 is 6.04 Å². The molecule has 5 rings (SSSR count). The maximum Gasteiger partial charge on any atom is 0.252 e. The molecule has 0 radical (unpaired) electrons. The summed E-state index contributed by atoms with van der Waals surface area (Å²) in [5, 5.41) is 9.03. The highest BCUT2D eigenvalue weighted by molar-refractivity contribution is 7.07. The third-order valence-electron chi connectivity index (χ3n) is 6.81. The van der Waals surface area contributed by atoms with Gasteiger partial charge in [-0.05, 0) is 43.0 Å². The van der Waals surface area contributed by atoms with Crippen LogP contribution in [0.2, 0.25) is 0 Å². The summed E-state index contributed by atoms with van der Waals surface area (Å²) in [4.78, 5) is 34.7. The molecule has 0 bridgehead atoms. The Hall–Kier alpha value is -4.13. The van der Waals surface area contributed by atoms with Gasteiger partial charge in [0.25, 0.3) is 5.91 Å². The van der Waals surface area contributed by atoms with Crippen molar-refractivity contribution in [3.05, 3.63) is 87.5 Å². The van der Waals surface area contributed by atoms with Crippen molar-refractivity contribution in [1.82, 2.24) is 20.4 Å². The predicted octanol–water partition coefficient (Wildman–Crippen LogP) is 4.57. The molecule has 1 aliphatic rings. The van der Waals surface area contributed by atoms with Crippen LogP contribution >= 0.6 is 11.3 Å². The van der Waals surface area contributed by atoms with Crippen LogP contribution in [0.1, 0.15) is 69.0 Å². The Morgan fingerprint density at radius 3 is 2.60 bits per heavy atom. The zero-order valence-corrected chi connectivity index (χ0v) is 24.2. The molecule has 4 aromatic rings.